The van der Waals surface area contributed by atoms with Crippen molar-refractivity contribution >= 4 is 43.3 Å². The molecule has 2 aromatic carbocycles. The van der Waals surface area contributed by atoms with Crippen LogP contribution in [-0.4, -0.2) is 53.3 Å². The molecule has 0 fully saturated rings. The molecule has 0 aliphatic carbocycles. The third kappa shape index (κ3) is 5.73. The Morgan fingerprint density at radius 3 is 1.55 bits per heavy atom. The lowest BCUT2D eigenvalue weighted by Crippen LogP contribution is -2.37. The fraction of sp³-hybridized carbons (Fsp3) is 0.350. The average Bonchev–Trinajstić information content (AvgIpc) is 2.66. The number of anilines is 2. The summed E-state index contributed by atoms with van der Waals surface area (Å²) in [5.41, 5.74) is -1.27. The van der Waals surface area contributed by atoms with Gasteiger partial charge >= 0.3 is 5.51 Å². The molecule has 1 heterocycles. The van der Waals surface area contributed by atoms with E-state index in [-0.39, 0.29) is 6.67 Å². The highest BCUT2D eigenvalue weighted by atomic mass is 32.2. The summed E-state index contributed by atoms with van der Waals surface area (Å²) in [7, 11) is 1.99. The molecule has 0 N–H and O–H groups in total. The number of nitrogens with zero attached hydrogens (tertiary/aromatic N) is 3. The first-order chi connectivity index (χ1) is 14.3. The van der Waals surface area contributed by atoms with E-state index in [2.05, 4.69) is 56.8 Å². The SMILES string of the molecule is CN(C)c1ccc2cc3ccc(N(C)C)cc3[n+](CCF)c2c1.O=S(=O)([O-])C(F)(F)F. The van der Waals surface area contributed by atoms with Crippen molar-refractivity contribution in [3.8, 4) is 0 Å². The molecule has 0 bridgehead atoms. The molecule has 0 aliphatic heterocycles. The first-order valence-electron chi connectivity index (χ1n) is 9.09. The van der Waals surface area contributed by atoms with Gasteiger partial charge < -0.3 is 14.4 Å². The third-order valence-corrected chi connectivity index (χ3v) is 5.11. The van der Waals surface area contributed by atoms with Crippen molar-refractivity contribution in [3.63, 3.8) is 0 Å². The fourth-order valence-corrected chi connectivity index (χ4v) is 2.95. The molecule has 6 nitrogen and oxygen atoms in total. The monoisotopic (exact) mass is 461 g/mol. The summed E-state index contributed by atoms with van der Waals surface area (Å²) in [6.45, 7) is -0.0150. The molecule has 1 aromatic heterocycles. The minimum absolute atomic E-state index is 0.363. The van der Waals surface area contributed by atoms with Crippen molar-refractivity contribution in [2.24, 2.45) is 0 Å². The molecule has 170 valence electrons. The Kier molecular flexibility index (Phi) is 7.32. The Balaban J connectivity index is 0.000000366. The number of benzene rings is 2. The molecule has 0 spiro atoms. The first-order valence-corrected chi connectivity index (χ1v) is 10.5. The Morgan fingerprint density at radius 1 is 0.871 bits per heavy atom. The van der Waals surface area contributed by atoms with E-state index in [1.165, 1.54) is 0 Å². The van der Waals surface area contributed by atoms with Crippen LogP contribution in [0.25, 0.3) is 21.8 Å². The van der Waals surface area contributed by atoms with Gasteiger partial charge in [-0.25, -0.2) is 12.8 Å². The van der Waals surface area contributed by atoms with Crippen LogP contribution in [0, 0.1) is 0 Å². The number of rotatable bonds is 4. The topological polar surface area (TPSA) is 67.6 Å². The molecule has 0 aliphatic rings. The lowest BCUT2D eigenvalue weighted by atomic mass is 10.1. The van der Waals surface area contributed by atoms with Crippen LogP contribution in [0.1, 0.15) is 0 Å². The number of fused-ring (bicyclic) bond motifs is 2. The van der Waals surface area contributed by atoms with Gasteiger partial charge in [-0.15, -0.1) is 0 Å². The molecule has 0 unspecified atom stereocenters. The smallest absolute Gasteiger partial charge is 0.485 e. The highest BCUT2D eigenvalue weighted by Gasteiger charge is 2.36. The Bertz CT molecular complexity index is 1110. The van der Waals surface area contributed by atoms with Gasteiger partial charge in [0.15, 0.2) is 16.7 Å². The third-order valence-electron chi connectivity index (χ3n) is 4.55. The number of halogens is 4. The molecule has 31 heavy (non-hydrogen) atoms. The molecular weight excluding hydrogens is 438 g/mol. The van der Waals surface area contributed by atoms with Crippen LogP contribution in [0.5, 0.6) is 0 Å². The van der Waals surface area contributed by atoms with Gasteiger partial charge in [0.25, 0.3) is 0 Å². The van der Waals surface area contributed by atoms with Gasteiger partial charge in [-0.3, -0.25) is 0 Å². The van der Waals surface area contributed by atoms with Gasteiger partial charge in [-0.05, 0) is 30.3 Å². The summed E-state index contributed by atoms with van der Waals surface area (Å²) in [6.07, 6.45) is 0. The maximum atomic E-state index is 13.2. The first kappa shape index (κ1) is 24.6. The number of pyridine rings is 1. The number of aryl methyl sites for hydroxylation is 1. The molecule has 0 saturated heterocycles. The van der Waals surface area contributed by atoms with Crippen molar-refractivity contribution in [3.05, 3.63) is 42.5 Å². The van der Waals surface area contributed by atoms with Crippen LogP contribution in [0.3, 0.4) is 0 Å². The zero-order valence-electron chi connectivity index (χ0n) is 17.4. The lowest BCUT2D eigenvalue weighted by molar-refractivity contribution is -0.645. The molecule has 0 amide bonds. The van der Waals surface area contributed by atoms with Gasteiger partial charge in [0.1, 0.15) is 6.67 Å². The second kappa shape index (κ2) is 9.23. The molecule has 11 heteroatoms. The van der Waals surface area contributed by atoms with Crippen LogP contribution < -0.4 is 14.4 Å². The summed E-state index contributed by atoms with van der Waals surface area (Å²) < 4.78 is 74.2. The van der Waals surface area contributed by atoms with Crippen LogP contribution in [-0.2, 0) is 16.7 Å². The van der Waals surface area contributed by atoms with Crippen molar-refractivity contribution in [2.75, 3.05) is 44.7 Å². The van der Waals surface area contributed by atoms with E-state index in [1.54, 1.807) is 0 Å². The Hall–Kier alpha value is -2.66. The predicted octanol–water partition coefficient (Wildman–Crippen LogP) is 3.43. The van der Waals surface area contributed by atoms with Crippen LogP contribution in [0.4, 0.5) is 28.9 Å². The van der Waals surface area contributed by atoms with Crippen molar-refractivity contribution in [2.45, 2.75) is 12.1 Å². The number of alkyl halides is 4. The van der Waals surface area contributed by atoms with Gasteiger partial charge in [0.2, 0.25) is 11.0 Å². The highest BCUT2D eigenvalue weighted by Crippen LogP contribution is 2.25. The van der Waals surface area contributed by atoms with Crippen molar-refractivity contribution < 1.29 is 35.1 Å². The summed E-state index contributed by atoms with van der Waals surface area (Å²) in [5.74, 6) is 0. The quantitative estimate of drug-likeness (QED) is 0.196. The minimum Gasteiger partial charge on any atom is -0.741 e. The zero-order valence-corrected chi connectivity index (χ0v) is 18.3. The van der Waals surface area contributed by atoms with Gasteiger partial charge in [-0.1, -0.05) is 0 Å². The van der Waals surface area contributed by atoms with Gasteiger partial charge in [0.05, 0.1) is 0 Å². The van der Waals surface area contributed by atoms with Crippen molar-refractivity contribution in [1.82, 2.24) is 0 Å². The van der Waals surface area contributed by atoms with E-state index < -0.39 is 15.6 Å². The second-order valence-corrected chi connectivity index (χ2v) is 8.53. The van der Waals surface area contributed by atoms with Crippen molar-refractivity contribution in [1.29, 1.82) is 0 Å². The van der Waals surface area contributed by atoms with E-state index in [9.17, 15) is 17.6 Å². The largest absolute Gasteiger partial charge is 0.741 e. The standard InChI is InChI=1S/C19H23FN3.CHF3O3S/c1-21(2)16-7-5-14-11-15-6-8-17(22(3)4)13-19(15)23(10-9-20)18(14)12-16;2-1(3,4)8(5,6)7/h5-8,11-13H,9-10H2,1-4H3;(H,5,6,7)/q+1;/p-1. The van der Waals surface area contributed by atoms with E-state index >= 15 is 0 Å². The maximum Gasteiger partial charge on any atom is 0.485 e. The predicted molar refractivity (Wildman–Crippen MR) is 112 cm³/mol. The zero-order chi connectivity index (χ0) is 23.6. The highest BCUT2D eigenvalue weighted by molar-refractivity contribution is 7.86. The molecular formula is C20H23F4N3O3S. The molecule has 0 saturated carbocycles. The average molecular weight is 461 g/mol. The fourth-order valence-electron chi connectivity index (χ4n) is 2.95. The Labute approximate surface area is 178 Å². The van der Waals surface area contributed by atoms with E-state index in [0.717, 1.165) is 33.2 Å². The molecule has 0 radical (unpaired) electrons. The Morgan fingerprint density at radius 2 is 1.26 bits per heavy atom. The maximum absolute atomic E-state index is 13.2. The van der Waals surface area contributed by atoms with E-state index in [4.69, 9.17) is 13.0 Å². The molecule has 3 rings (SSSR count). The van der Waals surface area contributed by atoms with Crippen LogP contribution in [0.15, 0.2) is 42.5 Å². The summed E-state index contributed by atoms with van der Waals surface area (Å²) in [6, 6.07) is 14.9. The summed E-state index contributed by atoms with van der Waals surface area (Å²) in [5, 5.41) is 2.27. The summed E-state index contributed by atoms with van der Waals surface area (Å²) in [4.78, 5) is 4.14. The molecule has 3 aromatic rings. The van der Waals surface area contributed by atoms with Crippen LogP contribution in [0.2, 0.25) is 0 Å². The van der Waals surface area contributed by atoms with Gasteiger partial charge in [0, 0.05) is 62.5 Å². The number of hydrogen-bond acceptors (Lipinski definition) is 5. The number of aromatic nitrogens is 1. The molecule has 0 atom stereocenters. The lowest BCUT2D eigenvalue weighted by Gasteiger charge is -2.15. The van der Waals surface area contributed by atoms with E-state index in [0.29, 0.717) is 6.54 Å². The minimum atomic E-state index is -6.09. The van der Waals surface area contributed by atoms with Crippen LogP contribution >= 0.6 is 0 Å². The summed E-state index contributed by atoms with van der Waals surface area (Å²) >= 11 is 0. The second-order valence-electron chi connectivity index (χ2n) is 7.16. The normalized spacial score (nSPS) is 11.9. The number of hydrogen-bond donors (Lipinski definition) is 0. The van der Waals surface area contributed by atoms with E-state index in [1.807, 2.05) is 28.2 Å². The van der Waals surface area contributed by atoms with Gasteiger partial charge in [-0.2, -0.15) is 17.7 Å².